The molecule has 0 aromatic carbocycles. The van der Waals surface area contributed by atoms with Crippen molar-refractivity contribution in [2.75, 3.05) is 26.7 Å². The van der Waals surface area contributed by atoms with E-state index in [1.165, 1.54) is 19.3 Å². The summed E-state index contributed by atoms with van der Waals surface area (Å²) in [6.45, 7) is 2.72. The van der Waals surface area contributed by atoms with E-state index in [-0.39, 0.29) is 0 Å². The van der Waals surface area contributed by atoms with Gasteiger partial charge in [0.2, 0.25) is 0 Å². The van der Waals surface area contributed by atoms with Gasteiger partial charge < -0.3 is 5.73 Å². The van der Waals surface area contributed by atoms with Gasteiger partial charge in [-0.3, -0.25) is 4.90 Å². The zero-order valence-corrected chi connectivity index (χ0v) is 8.50. The fourth-order valence-electron chi connectivity index (χ4n) is 2.29. The van der Waals surface area contributed by atoms with Crippen LogP contribution in [-0.4, -0.2) is 31.6 Å². The minimum Gasteiger partial charge on any atom is -0.330 e. The van der Waals surface area contributed by atoms with E-state index < -0.39 is 0 Å². The minimum atomic E-state index is 0.736. The van der Waals surface area contributed by atoms with E-state index in [2.05, 4.69) is 17.9 Å². The topological polar surface area (TPSA) is 29.3 Å². The fourth-order valence-corrected chi connectivity index (χ4v) is 2.29. The third-order valence-corrected chi connectivity index (χ3v) is 3.03. The lowest BCUT2D eigenvalue weighted by molar-refractivity contribution is 0.263. The zero-order valence-electron chi connectivity index (χ0n) is 8.50. The Morgan fingerprint density at radius 1 is 1.46 bits per heavy atom. The molecule has 2 unspecified atom stereocenters. The van der Waals surface area contributed by atoms with Crippen molar-refractivity contribution in [3.8, 4) is 12.3 Å². The van der Waals surface area contributed by atoms with Crippen molar-refractivity contribution < 1.29 is 0 Å². The molecule has 1 aliphatic carbocycles. The van der Waals surface area contributed by atoms with Gasteiger partial charge in [-0.25, -0.2) is 0 Å². The van der Waals surface area contributed by atoms with E-state index in [4.69, 9.17) is 12.2 Å². The van der Waals surface area contributed by atoms with E-state index >= 15 is 0 Å². The van der Waals surface area contributed by atoms with Crippen LogP contribution in [-0.2, 0) is 0 Å². The summed E-state index contributed by atoms with van der Waals surface area (Å²) in [5.41, 5.74) is 5.72. The highest BCUT2D eigenvalue weighted by atomic mass is 15.1. The first kappa shape index (κ1) is 10.6. The van der Waals surface area contributed by atoms with E-state index in [1.807, 2.05) is 0 Å². The van der Waals surface area contributed by atoms with Crippen molar-refractivity contribution in [2.24, 2.45) is 17.6 Å². The summed E-state index contributed by atoms with van der Waals surface area (Å²) in [7, 11) is 2.09. The molecular formula is C11H20N2. The molecule has 0 saturated heterocycles. The fraction of sp³-hybridized carbons (Fsp3) is 0.818. The molecule has 0 amide bonds. The molecular weight excluding hydrogens is 160 g/mol. The first-order chi connectivity index (χ1) is 6.27. The molecule has 0 aromatic rings. The molecule has 0 spiro atoms. The van der Waals surface area contributed by atoms with Gasteiger partial charge in [0.05, 0.1) is 6.54 Å². The normalized spacial score (nSPS) is 27.8. The molecule has 1 aliphatic rings. The third-order valence-electron chi connectivity index (χ3n) is 3.03. The Labute approximate surface area is 81.5 Å². The first-order valence-corrected chi connectivity index (χ1v) is 5.10. The van der Waals surface area contributed by atoms with Gasteiger partial charge in [-0.15, -0.1) is 6.42 Å². The molecule has 1 saturated carbocycles. The molecule has 1 rings (SSSR count). The number of hydrogen-bond donors (Lipinski definition) is 1. The molecule has 0 aliphatic heterocycles. The Bertz CT molecular complexity index is 183. The van der Waals surface area contributed by atoms with Crippen molar-refractivity contribution >= 4 is 0 Å². The zero-order chi connectivity index (χ0) is 9.68. The molecule has 2 nitrogen and oxygen atoms in total. The maximum absolute atomic E-state index is 5.72. The summed E-state index contributed by atoms with van der Waals surface area (Å²) >= 11 is 0. The first-order valence-electron chi connectivity index (χ1n) is 5.10. The van der Waals surface area contributed by atoms with Gasteiger partial charge in [-0.05, 0) is 38.3 Å². The number of nitrogens with two attached hydrogens (primary N) is 1. The lowest BCUT2D eigenvalue weighted by Gasteiger charge is -2.23. The predicted octanol–water partition coefficient (Wildman–Crippen LogP) is 0.926. The van der Waals surface area contributed by atoms with Gasteiger partial charge >= 0.3 is 0 Å². The van der Waals surface area contributed by atoms with Crippen molar-refractivity contribution in [1.29, 1.82) is 0 Å². The average Bonchev–Trinajstić information content (AvgIpc) is 2.52. The highest BCUT2D eigenvalue weighted by Crippen LogP contribution is 2.31. The van der Waals surface area contributed by atoms with Gasteiger partial charge in [0.15, 0.2) is 0 Å². The van der Waals surface area contributed by atoms with Crippen LogP contribution in [0.4, 0.5) is 0 Å². The van der Waals surface area contributed by atoms with E-state index in [1.54, 1.807) is 0 Å². The molecule has 74 valence electrons. The molecule has 13 heavy (non-hydrogen) atoms. The van der Waals surface area contributed by atoms with Gasteiger partial charge in [0.1, 0.15) is 0 Å². The largest absolute Gasteiger partial charge is 0.330 e. The Morgan fingerprint density at radius 3 is 2.77 bits per heavy atom. The predicted molar refractivity (Wildman–Crippen MR) is 56.2 cm³/mol. The molecule has 0 aromatic heterocycles. The van der Waals surface area contributed by atoms with Crippen LogP contribution >= 0.6 is 0 Å². The second-order valence-corrected chi connectivity index (χ2v) is 4.09. The lowest BCUT2D eigenvalue weighted by Crippen LogP contribution is -2.30. The summed E-state index contributed by atoms with van der Waals surface area (Å²) in [4.78, 5) is 2.22. The number of rotatable bonds is 4. The van der Waals surface area contributed by atoms with Crippen LogP contribution in [0.1, 0.15) is 19.3 Å². The van der Waals surface area contributed by atoms with Crippen LogP contribution in [0.2, 0.25) is 0 Å². The number of hydrogen-bond acceptors (Lipinski definition) is 2. The number of terminal acetylenes is 1. The minimum absolute atomic E-state index is 0.736. The molecule has 0 bridgehead atoms. The molecule has 0 radical (unpaired) electrons. The van der Waals surface area contributed by atoms with Crippen LogP contribution < -0.4 is 5.73 Å². The van der Waals surface area contributed by atoms with Crippen molar-refractivity contribution in [3.63, 3.8) is 0 Å². The van der Waals surface area contributed by atoms with E-state index in [0.717, 1.165) is 31.5 Å². The lowest BCUT2D eigenvalue weighted by atomic mass is 9.96. The SMILES string of the molecule is C#CCN(C)CC1CCCC1CN. The summed E-state index contributed by atoms with van der Waals surface area (Å²) in [5.74, 6) is 4.19. The van der Waals surface area contributed by atoms with Crippen LogP contribution in [0.15, 0.2) is 0 Å². The van der Waals surface area contributed by atoms with Crippen LogP contribution in [0.3, 0.4) is 0 Å². The Balaban J connectivity index is 2.31. The molecule has 0 heterocycles. The summed E-state index contributed by atoms with van der Waals surface area (Å²) in [5, 5.41) is 0. The van der Waals surface area contributed by atoms with Crippen molar-refractivity contribution in [2.45, 2.75) is 19.3 Å². The third kappa shape index (κ3) is 3.02. The summed E-state index contributed by atoms with van der Waals surface area (Å²) in [6, 6.07) is 0. The Morgan fingerprint density at radius 2 is 2.15 bits per heavy atom. The molecule has 2 heteroatoms. The number of nitrogens with zero attached hydrogens (tertiary/aromatic N) is 1. The standard InChI is InChI=1S/C11H20N2/c1-3-7-13(2)9-11-6-4-5-10(11)8-12/h1,10-11H,4-9,12H2,2H3. The van der Waals surface area contributed by atoms with Gasteiger partial charge in [0, 0.05) is 6.54 Å². The van der Waals surface area contributed by atoms with Gasteiger partial charge in [-0.2, -0.15) is 0 Å². The quantitative estimate of drug-likeness (QED) is 0.652. The second-order valence-electron chi connectivity index (χ2n) is 4.09. The van der Waals surface area contributed by atoms with Crippen LogP contribution in [0.5, 0.6) is 0 Å². The van der Waals surface area contributed by atoms with Crippen molar-refractivity contribution in [1.82, 2.24) is 4.90 Å². The van der Waals surface area contributed by atoms with Gasteiger partial charge in [-0.1, -0.05) is 12.3 Å². The monoisotopic (exact) mass is 180 g/mol. The Kier molecular flexibility index (Phi) is 4.27. The van der Waals surface area contributed by atoms with Crippen molar-refractivity contribution in [3.05, 3.63) is 0 Å². The van der Waals surface area contributed by atoms with E-state index in [9.17, 15) is 0 Å². The molecule has 1 fully saturated rings. The van der Waals surface area contributed by atoms with Crippen LogP contribution in [0.25, 0.3) is 0 Å². The molecule has 2 atom stereocenters. The Hall–Kier alpha value is -0.520. The second kappa shape index (κ2) is 5.26. The smallest absolute Gasteiger partial charge is 0.0596 e. The summed E-state index contributed by atoms with van der Waals surface area (Å²) < 4.78 is 0. The summed E-state index contributed by atoms with van der Waals surface area (Å²) in [6.07, 6.45) is 9.24. The molecule has 2 N–H and O–H groups in total. The van der Waals surface area contributed by atoms with Crippen LogP contribution in [0, 0.1) is 24.2 Å². The van der Waals surface area contributed by atoms with E-state index in [0.29, 0.717) is 0 Å². The maximum atomic E-state index is 5.72. The highest BCUT2D eigenvalue weighted by Gasteiger charge is 2.26. The highest BCUT2D eigenvalue weighted by molar-refractivity contribution is 4.89. The maximum Gasteiger partial charge on any atom is 0.0596 e. The van der Waals surface area contributed by atoms with Gasteiger partial charge in [0.25, 0.3) is 0 Å². The average molecular weight is 180 g/mol.